The third-order valence-electron chi connectivity index (χ3n) is 3.58. The second kappa shape index (κ2) is 7.75. The SMILES string of the molecule is CC(C)CN(CC(C)C)c1nc2ccccc2nc1C(C#N)C#N. The summed E-state index contributed by atoms with van der Waals surface area (Å²) in [6.45, 7) is 10.2. The largest absolute Gasteiger partial charge is 0.355 e. The summed E-state index contributed by atoms with van der Waals surface area (Å²) in [7, 11) is 0. The number of aromatic nitrogens is 2. The molecule has 1 aromatic heterocycles. The van der Waals surface area contributed by atoms with Crippen molar-refractivity contribution in [2.45, 2.75) is 33.6 Å². The number of benzene rings is 1. The normalized spacial score (nSPS) is 11.0. The first-order valence-electron chi connectivity index (χ1n) is 8.27. The molecular weight excluding hydrogens is 298 g/mol. The molecule has 0 aliphatic heterocycles. The van der Waals surface area contributed by atoms with Gasteiger partial charge in [-0.1, -0.05) is 39.8 Å². The second-order valence-corrected chi connectivity index (χ2v) is 6.81. The van der Waals surface area contributed by atoms with Crippen LogP contribution in [0.25, 0.3) is 11.0 Å². The summed E-state index contributed by atoms with van der Waals surface area (Å²) in [5.41, 5.74) is 1.95. The van der Waals surface area contributed by atoms with Gasteiger partial charge in [0, 0.05) is 13.1 Å². The van der Waals surface area contributed by atoms with Crippen LogP contribution in [0.4, 0.5) is 5.82 Å². The summed E-state index contributed by atoms with van der Waals surface area (Å²) in [6.07, 6.45) is 0. The fourth-order valence-electron chi connectivity index (χ4n) is 2.71. The number of nitriles is 2. The van der Waals surface area contributed by atoms with Gasteiger partial charge in [0.05, 0.1) is 23.2 Å². The Balaban J connectivity index is 2.65. The molecule has 0 N–H and O–H groups in total. The molecule has 0 bridgehead atoms. The Hall–Kier alpha value is -2.66. The van der Waals surface area contributed by atoms with Gasteiger partial charge in [-0.2, -0.15) is 10.5 Å². The zero-order chi connectivity index (χ0) is 17.7. The highest BCUT2D eigenvalue weighted by Gasteiger charge is 2.24. The van der Waals surface area contributed by atoms with Crippen molar-refractivity contribution >= 4 is 16.9 Å². The molecule has 0 amide bonds. The molecule has 0 atom stereocenters. The highest BCUT2D eigenvalue weighted by molar-refractivity contribution is 5.77. The van der Waals surface area contributed by atoms with Crippen LogP contribution in [0.2, 0.25) is 0 Å². The van der Waals surface area contributed by atoms with Crippen molar-refractivity contribution < 1.29 is 0 Å². The molecule has 5 nitrogen and oxygen atoms in total. The van der Waals surface area contributed by atoms with Crippen LogP contribution in [0.15, 0.2) is 24.3 Å². The first kappa shape index (κ1) is 17.7. The Morgan fingerprint density at radius 2 is 1.42 bits per heavy atom. The van der Waals surface area contributed by atoms with E-state index in [2.05, 4.69) is 37.6 Å². The number of fused-ring (bicyclic) bond motifs is 1. The topological polar surface area (TPSA) is 76.6 Å². The summed E-state index contributed by atoms with van der Waals surface area (Å²) in [5, 5.41) is 18.7. The van der Waals surface area contributed by atoms with Crippen LogP contribution in [-0.4, -0.2) is 23.1 Å². The molecule has 24 heavy (non-hydrogen) atoms. The Bertz CT molecular complexity index is 758. The Kier molecular flexibility index (Phi) is 5.71. The van der Waals surface area contributed by atoms with Gasteiger partial charge >= 0.3 is 0 Å². The van der Waals surface area contributed by atoms with Crippen LogP contribution in [0.5, 0.6) is 0 Å². The van der Waals surface area contributed by atoms with Crippen molar-refractivity contribution in [3.05, 3.63) is 30.0 Å². The van der Waals surface area contributed by atoms with Crippen LogP contribution in [0.3, 0.4) is 0 Å². The third kappa shape index (κ3) is 4.00. The Labute approximate surface area is 143 Å². The van der Waals surface area contributed by atoms with Crippen LogP contribution in [0.1, 0.15) is 39.3 Å². The lowest BCUT2D eigenvalue weighted by atomic mass is 10.1. The van der Waals surface area contributed by atoms with Gasteiger partial charge in [-0.05, 0) is 24.0 Å². The van der Waals surface area contributed by atoms with Gasteiger partial charge in [0.2, 0.25) is 0 Å². The number of rotatable bonds is 6. The van der Waals surface area contributed by atoms with Gasteiger partial charge < -0.3 is 4.90 Å². The molecule has 0 fully saturated rings. The van der Waals surface area contributed by atoms with Gasteiger partial charge in [-0.15, -0.1) is 0 Å². The van der Waals surface area contributed by atoms with E-state index in [1.165, 1.54) is 0 Å². The first-order chi connectivity index (χ1) is 11.5. The smallest absolute Gasteiger partial charge is 0.178 e. The van der Waals surface area contributed by atoms with Crippen molar-refractivity contribution in [1.82, 2.24) is 9.97 Å². The highest BCUT2D eigenvalue weighted by atomic mass is 15.2. The minimum Gasteiger partial charge on any atom is -0.355 e. The van der Waals surface area contributed by atoms with Crippen LogP contribution in [-0.2, 0) is 0 Å². The first-order valence-corrected chi connectivity index (χ1v) is 8.27. The molecule has 1 heterocycles. The summed E-state index contributed by atoms with van der Waals surface area (Å²) in [4.78, 5) is 11.5. The fraction of sp³-hybridized carbons (Fsp3) is 0.474. The van der Waals surface area contributed by atoms with Gasteiger partial charge in [-0.3, -0.25) is 0 Å². The lowest BCUT2D eigenvalue weighted by Crippen LogP contribution is -2.33. The zero-order valence-electron chi connectivity index (χ0n) is 14.7. The predicted molar refractivity (Wildman–Crippen MR) is 95.4 cm³/mol. The van der Waals surface area contributed by atoms with Gasteiger partial charge in [0.1, 0.15) is 5.69 Å². The van der Waals surface area contributed by atoms with Crippen LogP contribution in [0, 0.1) is 34.5 Å². The maximum absolute atomic E-state index is 9.36. The molecule has 0 aliphatic carbocycles. The molecule has 0 aliphatic rings. The predicted octanol–water partition coefficient (Wildman–Crippen LogP) is 3.88. The van der Waals surface area contributed by atoms with E-state index in [0.717, 1.165) is 18.6 Å². The van der Waals surface area contributed by atoms with Crippen LogP contribution >= 0.6 is 0 Å². The van der Waals surface area contributed by atoms with Crippen molar-refractivity contribution in [1.29, 1.82) is 10.5 Å². The zero-order valence-corrected chi connectivity index (χ0v) is 14.7. The monoisotopic (exact) mass is 321 g/mol. The molecule has 1 aromatic carbocycles. The van der Waals surface area contributed by atoms with Crippen molar-refractivity contribution in [2.24, 2.45) is 11.8 Å². The lowest BCUT2D eigenvalue weighted by Gasteiger charge is -2.29. The molecule has 0 saturated carbocycles. The summed E-state index contributed by atoms with van der Waals surface area (Å²) in [6, 6.07) is 11.7. The minimum atomic E-state index is -0.918. The van der Waals surface area contributed by atoms with E-state index in [-0.39, 0.29) is 0 Å². The molecule has 0 saturated heterocycles. The van der Waals surface area contributed by atoms with E-state index in [9.17, 15) is 10.5 Å². The number of hydrogen-bond donors (Lipinski definition) is 0. The fourth-order valence-corrected chi connectivity index (χ4v) is 2.71. The molecule has 2 rings (SSSR count). The maximum Gasteiger partial charge on any atom is 0.178 e. The van der Waals surface area contributed by atoms with E-state index >= 15 is 0 Å². The molecular formula is C19H23N5. The lowest BCUT2D eigenvalue weighted by molar-refractivity contribution is 0.547. The van der Waals surface area contributed by atoms with E-state index in [1.807, 2.05) is 36.4 Å². The molecule has 124 valence electrons. The molecule has 5 heteroatoms. The summed E-state index contributed by atoms with van der Waals surface area (Å²) >= 11 is 0. The second-order valence-electron chi connectivity index (χ2n) is 6.81. The molecule has 0 spiro atoms. The summed E-state index contributed by atoms with van der Waals surface area (Å²) < 4.78 is 0. The van der Waals surface area contributed by atoms with Crippen molar-refractivity contribution in [2.75, 3.05) is 18.0 Å². The van der Waals surface area contributed by atoms with E-state index in [4.69, 9.17) is 4.98 Å². The van der Waals surface area contributed by atoms with Crippen molar-refractivity contribution in [3.63, 3.8) is 0 Å². The van der Waals surface area contributed by atoms with E-state index in [1.54, 1.807) is 0 Å². The Morgan fingerprint density at radius 3 is 1.88 bits per heavy atom. The number of para-hydroxylation sites is 2. The van der Waals surface area contributed by atoms with Gasteiger partial charge in [-0.25, -0.2) is 9.97 Å². The van der Waals surface area contributed by atoms with Crippen molar-refractivity contribution in [3.8, 4) is 12.1 Å². The number of nitrogens with zero attached hydrogens (tertiary/aromatic N) is 5. The third-order valence-corrected chi connectivity index (χ3v) is 3.58. The standard InChI is InChI=1S/C19H23N5/c1-13(2)11-24(12-14(3)4)19-18(15(9-20)10-21)22-16-7-5-6-8-17(16)23-19/h5-8,13-15H,11-12H2,1-4H3. The average Bonchev–Trinajstić information content (AvgIpc) is 2.54. The highest BCUT2D eigenvalue weighted by Crippen LogP contribution is 2.27. The van der Waals surface area contributed by atoms with E-state index < -0.39 is 5.92 Å². The van der Waals surface area contributed by atoms with Crippen LogP contribution < -0.4 is 4.90 Å². The quantitative estimate of drug-likeness (QED) is 0.807. The average molecular weight is 321 g/mol. The maximum atomic E-state index is 9.36. The number of anilines is 1. The molecule has 2 aromatic rings. The summed E-state index contributed by atoms with van der Waals surface area (Å²) in [5.74, 6) is 0.614. The van der Waals surface area contributed by atoms with Gasteiger partial charge in [0.25, 0.3) is 0 Å². The van der Waals surface area contributed by atoms with Gasteiger partial charge in [0.15, 0.2) is 11.7 Å². The molecule has 0 unspecified atom stereocenters. The minimum absolute atomic E-state index is 0.437. The molecule has 0 radical (unpaired) electrons. The van der Waals surface area contributed by atoms with E-state index in [0.29, 0.717) is 28.9 Å². The number of hydrogen-bond acceptors (Lipinski definition) is 5. The Morgan fingerprint density at radius 1 is 0.917 bits per heavy atom.